The summed E-state index contributed by atoms with van der Waals surface area (Å²) < 4.78 is 0. The van der Waals surface area contributed by atoms with Crippen LogP contribution in [0.25, 0.3) is 0 Å². The highest BCUT2D eigenvalue weighted by Gasteiger charge is 2.10. The van der Waals surface area contributed by atoms with Crippen molar-refractivity contribution in [3.63, 3.8) is 0 Å². The summed E-state index contributed by atoms with van der Waals surface area (Å²) in [7, 11) is 1.79. The van der Waals surface area contributed by atoms with Crippen molar-refractivity contribution >= 4 is 11.6 Å². The Kier molecular flexibility index (Phi) is 4.71. The van der Waals surface area contributed by atoms with Crippen molar-refractivity contribution in [3.8, 4) is 0 Å². The number of aryl methyl sites for hydroxylation is 1. The fourth-order valence-electron chi connectivity index (χ4n) is 1.96. The number of nitrogens with zero attached hydrogens (tertiary/aromatic N) is 1. The van der Waals surface area contributed by atoms with Crippen LogP contribution in [0.4, 0.5) is 5.69 Å². The number of hydrogen-bond donors (Lipinski definition) is 2. The summed E-state index contributed by atoms with van der Waals surface area (Å²) in [6.07, 6.45) is 4.25. The monoisotopic (exact) mass is 269 g/mol. The van der Waals surface area contributed by atoms with E-state index in [4.69, 9.17) is 0 Å². The normalized spacial score (nSPS) is 10.1. The van der Waals surface area contributed by atoms with Crippen LogP contribution in [-0.4, -0.2) is 17.9 Å². The van der Waals surface area contributed by atoms with Gasteiger partial charge in [0.25, 0.3) is 5.91 Å². The molecule has 20 heavy (non-hydrogen) atoms. The molecule has 1 aromatic carbocycles. The second kappa shape index (κ2) is 6.70. The van der Waals surface area contributed by atoms with Gasteiger partial charge in [0.1, 0.15) is 0 Å². The standard InChI is InChI=1S/C16H19N3O/c1-3-12-4-6-13(7-5-12)10-19-16(20)14-11-18-9-8-15(14)17-2/h4-9,11H,3,10H2,1-2H3,(H,17,18)(H,19,20). The Bertz CT molecular complexity index is 579. The molecular formula is C16H19N3O. The van der Waals surface area contributed by atoms with Crippen LogP contribution in [0, 0.1) is 0 Å². The maximum Gasteiger partial charge on any atom is 0.255 e. The lowest BCUT2D eigenvalue weighted by Crippen LogP contribution is -2.23. The zero-order valence-corrected chi connectivity index (χ0v) is 11.8. The lowest BCUT2D eigenvalue weighted by atomic mass is 10.1. The SMILES string of the molecule is CCc1ccc(CNC(=O)c2cnccc2NC)cc1. The molecule has 0 aliphatic rings. The fourth-order valence-corrected chi connectivity index (χ4v) is 1.96. The molecule has 2 rings (SSSR count). The molecule has 1 heterocycles. The first-order chi connectivity index (χ1) is 9.74. The minimum absolute atomic E-state index is 0.123. The van der Waals surface area contributed by atoms with Crippen LogP contribution in [0.2, 0.25) is 0 Å². The summed E-state index contributed by atoms with van der Waals surface area (Å²) in [5.41, 5.74) is 3.72. The van der Waals surface area contributed by atoms with Crippen LogP contribution < -0.4 is 10.6 Å². The first kappa shape index (κ1) is 14.1. The van der Waals surface area contributed by atoms with Crippen LogP contribution in [0.5, 0.6) is 0 Å². The molecule has 0 bridgehead atoms. The molecule has 0 fully saturated rings. The molecule has 4 heteroatoms. The molecule has 2 aromatic rings. The molecule has 0 unspecified atom stereocenters. The third-order valence-electron chi connectivity index (χ3n) is 3.22. The van der Waals surface area contributed by atoms with Crippen LogP contribution >= 0.6 is 0 Å². The van der Waals surface area contributed by atoms with Crippen molar-refractivity contribution in [2.24, 2.45) is 0 Å². The number of carbonyl (C=O) groups excluding carboxylic acids is 1. The quantitative estimate of drug-likeness (QED) is 0.877. The van der Waals surface area contributed by atoms with E-state index in [2.05, 4.69) is 34.7 Å². The predicted molar refractivity (Wildman–Crippen MR) is 80.8 cm³/mol. The molecule has 0 aliphatic heterocycles. The average Bonchev–Trinajstić information content (AvgIpc) is 2.53. The molecule has 0 radical (unpaired) electrons. The first-order valence-corrected chi connectivity index (χ1v) is 6.72. The molecule has 0 aliphatic carbocycles. The number of carbonyl (C=O) groups is 1. The Morgan fingerprint density at radius 3 is 2.50 bits per heavy atom. The van der Waals surface area contributed by atoms with Gasteiger partial charge < -0.3 is 10.6 Å². The highest BCUT2D eigenvalue weighted by atomic mass is 16.1. The van der Waals surface area contributed by atoms with Crippen LogP contribution in [0.1, 0.15) is 28.4 Å². The van der Waals surface area contributed by atoms with E-state index >= 15 is 0 Å². The summed E-state index contributed by atoms with van der Waals surface area (Å²) in [6.45, 7) is 2.64. The van der Waals surface area contributed by atoms with Gasteiger partial charge in [0.05, 0.1) is 5.56 Å². The zero-order valence-electron chi connectivity index (χ0n) is 11.8. The molecule has 104 valence electrons. The average molecular weight is 269 g/mol. The van der Waals surface area contributed by atoms with Crippen molar-refractivity contribution in [2.45, 2.75) is 19.9 Å². The van der Waals surface area contributed by atoms with Gasteiger partial charge in [-0.2, -0.15) is 0 Å². The molecule has 0 spiro atoms. The molecule has 0 saturated carbocycles. The molecule has 1 aromatic heterocycles. The molecule has 1 amide bonds. The Morgan fingerprint density at radius 2 is 1.85 bits per heavy atom. The summed E-state index contributed by atoms with van der Waals surface area (Å²) in [6, 6.07) is 10.0. The number of amides is 1. The van der Waals surface area contributed by atoms with Gasteiger partial charge in [-0.15, -0.1) is 0 Å². The maximum atomic E-state index is 12.1. The van der Waals surface area contributed by atoms with Crippen molar-refractivity contribution < 1.29 is 4.79 Å². The Hall–Kier alpha value is -2.36. The van der Waals surface area contributed by atoms with E-state index < -0.39 is 0 Å². The maximum absolute atomic E-state index is 12.1. The van der Waals surface area contributed by atoms with Crippen molar-refractivity contribution in [2.75, 3.05) is 12.4 Å². The van der Waals surface area contributed by atoms with Crippen molar-refractivity contribution in [1.82, 2.24) is 10.3 Å². The van der Waals surface area contributed by atoms with Gasteiger partial charge in [-0.3, -0.25) is 9.78 Å². The molecule has 0 atom stereocenters. The Balaban J connectivity index is 2.01. The number of pyridine rings is 1. The van der Waals surface area contributed by atoms with Crippen LogP contribution in [0.3, 0.4) is 0 Å². The third kappa shape index (κ3) is 3.35. The second-order valence-electron chi connectivity index (χ2n) is 4.52. The van der Waals surface area contributed by atoms with E-state index in [9.17, 15) is 4.79 Å². The van der Waals surface area contributed by atoms with Gasteiger partial charge in [0, 0.05) is 31.7 Å². The smallest absolute Gasteiger partial charge is 0.255 e. The molecule has 4 nitrogen and oxygen atoms in total. The van der Waals surface area contributed by atoms with Gasteiger partial charge in [-0.25, -0.2) is 0 Å². The second-order valence-corrected chi connectivity index (χ2v) is 4.52. The first-order valence-electron chi connectivity index (χ1n) is 6.72. The summed E-state index contributed by atoms with van der Waals surface area (Å²) in [5, 5.41) is 5.90. The number of benzene rings is 1. The van der Waals surface area contributed by atoms with Gasteiger partial charge in [0.15, 0.2) is 0 Å². The molecular weight excluding hydrogens is 250 g/mol. The van der Waals surface area contributed by atoms with E-state index in [0.717, 1.165) is 17.7 Å². The molecule has 2 N–H and O–H groups in total. The third-order valence-corrected chi connectivity index (χ3v) is 3.22. The highest BCUT2D eigenvalue weighted by molar-refractivity contribution is 5.99. The number of hydrogen-bond acceptors (Lipinski definition) is 3. The number of rotatable bonds is 5. The van der Waals surface area contributed by atoms with Crippen LogP contribution in [-0.2, 0) is 13.0 Å². The minimum atomic E-state index is -0.123. The minimum Gasteiger partial charge on any atom is -0.387 e. The van der Waals surface area contributed by atoms with E-state index in [0.29, 0.717) is 12.1 Å². The van der Waals surface area contributed by atoms with Gasteiger partial charge in [-0.1, -0.05) is 31.2 Å². The largest absolute Gasteiger partial charge is 0.387 e. The summed E-state index contributed by atoms with van der Waals surface area (Å²) in [5.74, 6) is -0.123. The highest BCUT2D eigenvalue weighted by Crippen LogP contribution is 2.12. The Morgan fingerprint density at radius 1 is 1.15 bits per heavy atom. The number of aromatic nitrogens is 1. The topological polar surface area (TPSA) is 54.0 Å². The molecule has 0 saturated heterocycles. The van der Waals surface area contributed by atoms with E-state index in [1.165, 1.54) is 5.56 Å². The van der Waals surface area contributed by atoms with E-state index in [-0.39, 0.29) is 5.91 Å². The van der Waals surface area contributed by atoms with Gasteiger partial charge in [-0.05, 0) is 23.6 Å². The van der Waals surface area contributed by atoms with Crippen LogP contribution in [0.15, 0.2) is 42.7 Å². The van der Waals surface area contributed by atoms with Crippen molar-refractivity contribution in [1.29, 1.82) is 0 Å². The van der Waals surface area contributed by atoms with E-state index in [1.807, 2.05) is 12.1 Å². The van der Waals surface area contributed by atoms with Gasteiger partial charge in [0.2, 0.25) is 0 Å². The van der Waals surface area contributed by atoms with E-state index in [1.54, 1.807) is 25.5 Å². The lowest BCUT2D eigenvalue weighted by molar-refractivity contribution is 0.0951. The van der Waals surface area contributed by atoms with Crippen molar-refractivity contribution in [3.05, 3.63) is 59.4 Å². The zero-order chi connectivity index (χ0) is 14.4. The summed E-state index contributed by atoms with van der Waals surface area (Å²) in [4.78, 5) is 16.1. The fraction of sp³-hybridized carbons (Fsp3) is 0.250. The summed E-state index contributed by atoms with van der Waals surface area (Å²) >= 11 is 0. The number of anilines is 1. The Labute approximate surface area is 119 Å². The predicted octanol–water partition coefficient (Wildman–Crippen LogP) is 2.62. The number of nitrogens with one attached hydrogen (secondary N) is 2. The lowest BCUT2D eigenvalue weighted by Gasteiger charge is -2.09. The van der Waals surface area contributed by atoms with Gasteiger partial charge >= 0.3 is 0 Å².